The highest BCUT2D eigenvalue weighted by Crippen LogP contribution is 2.42. The third-order valence-electron chi connectivity index (χ3n) is 7.33. The molecule has 0 bridgehead atoms. The maximum atomic E-state index is 14.1. The number of pyridine rings is 1. The molecule has 1 amide bonds. The molecule has 2 N–H and O–H groups in total. The topological polar surface area (TPSA) is 115 Å². The lowest BCUT2D eigenvalue weighted by molar-refractivity contribution is -0.384. The lowest BCUT2D eigenvalue weighted by atomic mass is 9.96. The zero-order valence-corrected chi connectivity index (χ0v) is 24.0. The van der Waals surface area contributed by atoms with Gasteiger partial charge in [0.15, 0.2) is 5.11 Å². The Morgan fingerprint density at radius 1 is 1.17 bits per heavy atom. The van der Waals surface area contributed by atoms with Crippen molar-refractivity contribution >= 4 is 34.6 Å². The summed E-state index contributed by atoms with van der Waals surface area (Å²) in [4.78, 5) is 30.9. The molecule has 0 radical (unpaired) electrons. The van der Waals surface area contributed by atoms with Crippen LogP contribution in [0.25, 0.3) is 5.69 Å². The minimum absolute atomic E-state index is 0.0459. The Balaban J connectivity index is 1.52. The molecule has 0 saturated carbocycles. The van der Waals surface area contributed by atoms with Crippen molar-refractivity contribution in [2.24, 2.45) is 0 Å². The molecule has 1 fully saturated rings. The number of thiocarbonyl (C=S) groups is 1. The van der Waals surface area contributed by atoms with Crippen molar-refractivity contribution in [2.45, 2.75) is 32.4 Å². The number of hydrogen-bond acceptors (Lipinski definition) is 6. The predicted molar refractivity (Wildman–Crippen MR) is 160 cm³/mol. The van der Waals surface area contributed by atoms with Crippen molar-refractivity contribution in [3.63, 3.8) is 0 Å². The molecule has 216 valence electrons. The predicted octanol–water partition coefficient (Wildman–Crippen LogP) is 5.55. The molecule has 1 aliphatic rings. The molecule has 10 nitrogen and oxygen atoms in total. The molecule has 0 aliphatic carbocycles. The van der Waals surface area contributed by atoms with Gasteiger partial charge in [-0.2, -0.15) is 0 Å². The van der Waals surface area contributed by atoms with Crippen LogP contribution in [0.15, 0.2) is 72.9 Å². The zero-order chi connectivity index (χ0) is 30.0. The van der Waals surface area contributed by atoms with Crippen LogP contribution in [0.1, 0.15) is 41.1 Å². The van der Waals surface area contributed by atoms with Crippen molar-refractivity contribution in [1.82, 2.24) is 19.8 Å². The van der Waals surface area contributed by atoms with Gasteiger partial charge in [0.05, 0.1) is 41.6 Å². The first-order valence-corrected chi connectivity index (χ1v) is 13.6. The normalized spacial score (nSPS) is 16.3. The number of nitro groups is 1. The van der Waals surface area contributed by atoms with Crippen LogP contribution in [0.2, 0.25) is 0 Å². The van der Waals surface area contributed by atoms with Gasteiger partial charge in [-0.3, -0.25) is 19.9 Å². The average Bonchev–Trinajstić information content (AvgIpc) is 3.47. The highest BCUT2D eigenvalue weighted by atomic mass is 32.1. The number of nitro benzene ring substituents is 1. The van der Waals surface area contributed by atoms with Gasteiger partial charge in [-0.25, -0.2) is 4.39 Å². The van der Waals surface area contributed by atoms with Crippen LogP contribution in [0.4, 0.5) is 15.8 Å². The minimum Gasteiger partial charge on any atom is -0.496 e. The van der Waals surface area contributed by atoms with Crippen LogP contribution in [-0.4, -0.2) is 44.0 Å². The molecule has 2 aromatic heterocycles. The van der Waals surface area contributed by atoms with E-state index in [4.69, 9.17) is 17.0 Å². The van der Waals surface area contributed by atoms with Gasteiger partial charge < -0.3 is 24.8 Å². The lowest BCUT2D eigenvalue weighted by Gasteiger charge is -2.28. The number of nitrogens with zero attached hydrogens (tertiary/aromatic N) is 4. The standard InChI is InChI=1S/C30H29FN6O4S/c1-18-16-21(19(2)36(18)25-12-11-20(41-3)17-26(25)37(39)40)29-28(24-10-6-7-14-32-24)34-30(42)35(29)15-13-27(38)33-23-9-5-4-8-22(23)31/h4-12,14,16-17,28-29H,13,15H2,1-3H3,(H,33,38)(H,34,42)/t28-,29+/m0/s1. The molecule has 0 spiro atoms. The smallest absolute Gasteiger partial charge is 0.296 e. The number of benzene rings is 2. The number of hydrogen-bond donors (Lipinski definition) is 2. The van der Waals surface area contributed by atoms with E-state index in [-0.39, 0.29) is 42.3 Å². The summed E-state index contributed by atoms with van der Waals surface area (Å²) in [7, 11) is 1.46. The zero-order valence-electron chi connectivity index (χ0n) is 23.2. The highest BCUT2D eigenvalue weighted by molar-refractivity contribution is 7.80. The van der Waals surface area contributed by atoms with Gasteiger partial charge in [0, 0.05) is 30.6 Å². The van der Waals surface area contributed by atoms with Gasteiger partial charge in [0.2, 0.25) is 5.91 Å². The van der Waals surface area contributed by atoms with Crippen LogP contribution in [-0.2, 0) is 4.79 Å². The first-order chi connectivity index (χ1) is 20.2. The number of methoxy groups -OCH3 is 1. The quantitative estimate of drug-likeness (QED) is 0.149. The maximum absolute atomic E-state index is 14.1. The molecular formula is C30H29FN6O4S. The van der Waals surface area contributed by atoms with E-state index in [2.05, 4.69) is 15.6 Å². The van der Waals surface area contributed by atoms with Crippen molar-refractivity contribution in [1.29, 1.82) is 0 Å². The summed E-state index contributed by atoms with van der Waals surface area (Å²) < 4.78 is 21.2. The fourth-order valence-electron chi connectivity index (χ4n) is 5.41. The molecule has 2 aromatic carbocycles. The van der Waals surface area contributed by atoms with E-state index in [0.29, 0.717) is 16.5 Å². The molecule has 5 rings (SSSR count). The Hall–Kier alpha value is -4.84. The van der Waals surface area contributed by atoms with E-state index < -0.39 is 10.7 Å². The molecule has 2 atom stereocenters. The van der Waals surface area contributed by atoms with Crippen LogP contribution in [0.5, 0.6) is 5.75 Å². The maximum Gasteiger partial charge on any atom is 0.296 e. The van der Waals surface area contributed by atoms with Gasteiger partial charge >= 0.3 is 0 Å². The molecule has 42 heavy (non-hydrogen) atoms. The van der Waals surface area contributed by atoms with Gasteiger partial charge in [-0.05, 0) is 74.1 Å². The van der Waals surface area contributed by atoms with Crippen LogP contribution in [0.3, 0.4) is 0 Å². The van der Waals surface area contributed by atoms with E-state index in [1.54, 1.807) is 30.5 Å². The van der Waals surface area contributed by atoms with Crippen molar-refractivity contribution in [3.8, 4) is 11.4 Å². The van der Waals surface area contributed by atoms with E-state index in [9.17, 15) is 19.3 Å². The number of nitrogens with one attached hydrogen (secondary N) is 2. The third-order valence-corrected chi connectivity index (χ3v) is 7.69. The summed E-state index contributed by atoms with van der Waals surface area (Å²) >= 11 is 5.74. The summed E-state index contributed by atoms with van der Waals surface area (Å²) in [5.74, 6) is -0.492. The van der Waals surface area contributed by atoms with Crippen molar-refractivity contribution in [2.75, 3.05) is 19.0 Å². The second-order valence-electron chi connectivity index (χ2n) is 9.87. The number of rotatable bonds is 9. The average molecular weight is 589 g/mol. The lowest BCUT2D eigenvalue weighted by Crippen LogP contribution is -2.33. The fourth-order valence-corrected chi connectivity index (χ4v) is 5.74. The molecule has 12 heteroatoms. The molecule has 4 aromatic rings. The summed E-state index contributed by atoms with van der Waals surface area (Å²) in [6, 6.07) is 17.6. The van der Waals surface area contributed by atoms with Gasteiger partial charge in [0.25, 0.3) is 5.69 Å². The number of aromatic nitrogens is 2. The van der Waals surface area contributed by atoms with E-state index >= 15 is 0 Å². The molecule has 1 aliphatic heterocycles. The number of halogens is 1. The highest BCUT2D eigenvalue weighted by Gasteiger charge is 2.41. The van der Waals surface area contributed by atoms with Crippen LogP contribution >= 0.6 is 12.2 Å². The molecule has 1 saturated heterocycles. The first-order valence-electron chi connectivity index (χ1n) is 13.2. The van der Waals surface area contributed by atoms with Crippen LogP contribution < -0.4 is 15.4 Å². The number of amides is 1. The Morgan fingerprint density at radius 3 is 2.62 bits per heavy atom. The fraction of sp³-hybridized carbons (Fsp3) is 0.233. The van der Waals surface area contributed by atoms with Gasteiger partial charge in [-0.1, -0.05) is 18.2 Å². The van der Waals surface area contributed by atoms with Crippen molar-refractivity contribution < 1.29 is 18.8 Å². The number of para-hydroxylation sites is 1. The molecule has 3 heterocycles. The monoisotopic (exact) mass is 588 g/mol. The molecule has 0 unspecified atom stereocenters. The first kappa shape index (κ1) is 28.7. The Morgan fingerprint density at radius 2 is 1.93 bits per heavy atom. The van der Waals surface area contributed by atoms with E-state index in [0.717, 1.165) is 22.6 Å². The van der Waals surface area contributed by atoms with Gasteiger partial charge in [-0.15, -0.1) is 0 Å². The van der Waals surface area contributed by atoms with E-state index in [1.807, 2.05) is 47.6 Å². The summed E-state index contributed by atoms with van der Waals surface area (Å²) in [6.45, 7) is 4.02. The Bertz CT molecular complexity index is 1660. The summed E-state index contributed by atoms with van der Waals surface area (Å²) in [5.41, 5.74) is 3.60. The third kappa shape index (κ3) is 5.53. The largest absolute Gasteiger partial charge is 0.496 e. The van der Waals surface area contributed by atoms with Crippen LogP contribution in [0, 0.1) is 29.8 Å². The Labute approximate surface area is 247 Å². The summed E-state index contributed by atoms with van der Waals surface area (Å²) in [5, 5.41) is 18.4. The van der Waals surface area contributed by atoms with E-state index in [1.165, 1.54) is 25.3 Å². The minimum atomic E-state index is -0.516. The number of aryl methyl sites for hydroxylation is 1. The number of carbonyl (C=O) groups excluding carboxylic acids is 1. The molecular weight excluding hydrogens is 559 g/mol. The second-order valence-corrected chi connectivity index (χ2v) is 10.3. The van der Waals surface area contributed by atoms with Gasteiger partial charge in [0.1, 0.15) is 17.3 Å². The Kier molecular flexibility index (Phi) is 8.16. The van der Waals surface area contributed by atoms with Crippen molar-refractivity contribution in [3.05, 3.63) is 112 Å². The second kappa shape index (κ2) is 12.0. The number of anilines is 1. The SMILES string of the molecule is COc1ccc(-n2c(C)cc([C@@H]3[C@H](c4ccccn4)NC(=S)N3CCC(=O)Nc3ccccc3F)c2C)c([N+](=O)[O-])c1. The summed E-state index contributed by atoms with van der Waals surface area (Å²) in [6.07, 6.45) is 1.75. The number of carbonyl (C=O) groups is 1. The number of ether oxygens (including phenoxy) is 1.